The Labute approximate surface area is 94.9 Å². The van der Waals surface area contributed by atoms with E-state index in [1.807, 2.05) is 13.0 Å². The largest absolute Gasteiger partial charge is 0.396 e. The Bertz CT molecular complexity index is 341. The van der Waals surface area contributed by atoms with E-state index in [2.05, 4.69) is 17.9 Å². The SMILES string of the molecule is CC(CCO)NC(=O)c1cccc(S)c1. The van der Waals surface area contributed by atoms with Crippen LogP contribution in [-0.2, 0) is 0 Å². The van der Waals surface area contributed by atoms with Gasteiger partial charge in [-0.05, 0) is 31.5 Å². The summed E-state index contributed by atoms with van der Waals surface area (Å²) in [5.41, 5.74) is 0.590. The van der Waals surface area contributed by atoms with E-state index in [0.717, 1.165) is 4.90 Å². The molecular weight excluding hydrogens is 210 g/mol. The van der Waals surface area contributed by atoms with E-state index in [9.17, 15) is 4.79 Å². The van der Waals surface area contributed by atoms with Gasteiger partial charge in [-0.25, -0.2) is 0 Å². The Kier molecular flexibility index (Phi) is 4.65. The van der Waals surface area contributed by atoms with Crippen molar-refractivity contribution in [1.29, 1.82) is 0 Å². The van der Waals surface area contributed by atoms with Gasteiger partial charge in [0, 0.05) is 23.1 Å². The van der Waals surface area contributed by atoms with E-state index in [4.69, 9.17) is 5.11 Å². The van der Waals surface area contributed by atoms with Gasteiger partial charge in [0.25, 0.3) is 5.91 Å². The minimum absolute atomic E-state index is 0.0222. The third-order valence-corrected chi connectivity index (χ3v) is 2.33. The normalized spacial score (nSPS) is 12.2. The summed E-state index contributed by atoms with van der Waals surface area (Å²) in [4.78, 5) is 12.4. The molecule has 0 aliphatic carbocycles. The summed E-state index contributed by atoms with van der Waals surface area (Å²) in [5.74, 6) is -0.133. The van der Waals surface area contributed by atoms with Crippen molar-refractivity contribution < 1.29 is 9.90 Å². The van der Waals surface area contributed by atoms with Gasteiger partial charge in [0.1, 0.15) is 0 Å². The highest BCUT2D eigenvalue weighted by molar-refractivity contribution is 7.80. The summed E-state index contributed by atoms with van der Waals surface area (Å²) < 4.78 is 0. The fraction of sp³-hybridized carbons (Fsp3) is 0.364. The number of thiol groups is 1. The van der Waals surface area contributed by atoms with Crippen molar-refractivity contribution in [2.24, 2.45) is 0 Å². The third-order valence-electron chi connectivity index (χ3n) is 2.05. The average molecular weight is 225 g/mol. The summed E-state index contributed by atoms with van der Waals surface area (Å²) in [7, 11) is 0. The summed E-state index contributed by atoms with van der Waals surface area (Å²) >= 11 is 4.16. The molecule has 1 atom stereocenters. The van der Waals surface area contributed by atoms with Crippen LogP contribution in [0.4, 0.5) is 0 Å². The fourth-order valence-corrected chi connectivity index (χ4v) is 1.45. The number of hydrogen-bond donors (Lipinski definition) is 3. The lowest BCUT2D eigenvalue weighted by Gasteiger charge is -2.12. The number of carbonyl (C=O) groups is 1. The maximum Gasteiger partial charge on any atom is 0.251 e. The highest BCUT2D eigenvalue weighted by Crippen LogP contribution is 2.08. The molecule has 0 bridgehead atoms. The number of aliphatic hydroxyl groups excluding tert-OH is 1. The molecule has 0 aromatic heterocycles. The number of benzene rings is 1. The molecule has 0 spiro atoms. The molecule has 0 saturated heterocycles. The molecule has 0 fully saturated rings. The molecule has 2 N–H and O–H groups in total. The van der Waals surface area contributed by atoms with Crippen LogP contribution in [0.2, 0.25) is 0 Å². The fourth-order valence-electron chi connectivity index (χ4n) is 1.22. The highest BCUT2D eigenvalue weighted by atomic mass is 32.1. The van der Waals surface area contributed by atoms with E-state index in [-0.39, 0.29) is 18.6 Å². The van der Waals surface area contributed by atoms with Crippen LogP contribution >= 0.6 is 12.6 Å². The monoisotopic (exact) mass is 225 g/mol. The van der Waals surface area contributed by atoms with E-state index >= 15 is 0 Å². The maximum absolute atomic E-state index is 11.7. The Balaban J connectivity index is 2.61. The first-order valence-corrected chi connectivity index (χ1v) is 5.29. The van der Waals surface area contributed by atoms with Gasteiger partial charge in [0.2, 0.25) is 0 Å². The first-order valence-electron chi connectivity index (χ1n) is 4.84. The van der Waals surface area contributed by atoms with Crippen molar-refractivity contribution in [3.8, 4) is 0 Å². The Morgan fingerprint density at radius 2 is 2.33 bits per heavy atom. The Hall–Kier alpha value is -1.00. The molecule has 0 aliphatic rings. The molecule has 15 heavy (non-hydrogen) atoms. The number of aliphatic hydroxyl groups is 1. The summed E-state index contributed by atoms with van der Waals surface area (Å²) in [6.45, 7) is 1.94. The predicted molar refractivity (Wildman–Crippen MR) is 62.3 cm³/mol. The van der Waals surface area contributed by atoms with Crippen molar-refractivity contribution in [2.45, 2.75) is 24.3 Å². The van der Waals surface area contributed by atoms with Gasteiger partial charge < -0.3 is 10.4 Å². The Morgan fingerprint density at radius 1 is 1.60 bits per heavy atom. The first-order chi connectivity index (χ1) is 7.13. The number of hydrogen-bond acceptors (Lipinski definition) is 3. The van der Waals surface area contributed by atoms with Gasteiger partial charge >= 0.3 is 0 Å². The van der Waals surface area contributed by atoms with Gasteiger partial charge in [-0.15, -0.1) is 12.6 Å². The Morgan fingerprint density at radius 3 is 2.93 bits per heavy atom. The number of rotatable bonds is 4. The molecule has 1 rings (SSSR count). The van der Waals surface area contributed by atoms with Crippen LogP contribution < -0.4 is 5.32 Å². The van der Waals surface area contributed by atoms with Crippen LogP contribution in [0.5, 0.6) is 0 Å². The van der Waals surface area contributed by atoms with E-state index in [1.165, 1.54) is 0 Å². The highest BCUT2D eigenvalue weighted by Gasteiger charge is 2.08. The van der Waals surface area contributed by atoms with E-state index in [1.54, 1.807) is 18.2 Å². The number of amides is 1. The molecule has 0 radical (unpaired) electrons. The molecule has 1 aromatic carbocycles. The summed E-state index contributed by atoms with van der Waals surface area (Å²) in [5, 5.41) is 11.5. The van der Waals surface area contributed by atoms with Crippen molar-refractivity contribution in [2.75, 3.05) is 6.61 Å². The number of nitrogens with one attached hydrogen (secondary N) is 1. The minimum atomic E-state index is -0.133. The third kappa shape index (κ3) is 3.93. The molecule has 0 aliphatic heterocycles. The van der Waals surface area contributed by atoms with Crippen LogP contribution in [0.25, 0.3) is 0 Å². The second-order valence-corrected chi connectivity index (χ2v) is 3.95. The van der Waals surface area contributed by atoms with Gasteiger partial charge in [-0.2, -0.15) is 0 Å². The van der Waals surface area contributed by atoms with Crippen molar-refractivity contribution in [3.63, 3.8) is 0 Å². The molecule has 0 heterocycles. The van der Waals surface area contributed by atoms with Crippen molar-refractivity contribution in [1.82, 2.24) is 5.32 Å². The first kappa shape index (κ1) is 12.1. The molecule has 4 heteroatoms. The topological polar surface area (TPSA) is 49.3 Å². The lowest BCUT2D eigenvalue weighted by atomic mass is 10.2. The molecule has 1 amide bonds. The lowest BCUT2D eigenvalue weighted by molar-refractivity contribution is 0.0934. The summed E-state index contributed by atoms with van der Waals surface area (Å²) in [6, 6.07) is 7.03. The van der Waals surface area contributed by atoms with Crippen molar-refractivity contribution >= 4 is 18.5 Å². The molecule has 1 aromatic rings. The second-order valence-electron chi connectivity index (χ2n) is 3.44. The maximum atomic E-state index is 11.7. The van der Waals surface area contributed by atoms with Crippen LogP contribution in [-0.4, -0.2) is 23.7 Å². The predicted octanol–water partition coefficient (Wildman–Crippen LogP) is 1.48. The van der Waals surface area contributed by atoms with Gasteiger partial charge in [0.05, 0.1) is 0 Å². The van der Waals surface area contributed by atoms with Gasteiger partial charge in [-0.3, -0.25) is 4.79 Å². The second kappa shape index (κ2) is 5.78. The van der Waals surface area contributed by atoms with E-state index in [0.29, 0.717) is 12.0 Å². The van der Waals surface area contributed by atoms with Gasteiger partial charge in [-0.1, -0.05) is 6.07 Å². The molecule has 82 valence electrons. The lowest BCUT2D eigenvalue weighted by Crippen LogP contribution is -2.33. The zero-order valence-corrected chi connectivity index (χ0v) is 9.50. The quantitative estimate of drug-likeness (QED) is 0.680. The van der Waals surface area contributed by atoms with Crippen LogP contribution in [0, 0.1) is 0 Å². The average Bonchev–Trinajstić information content (AvgIpc) is 2.18. The van der Waals surface area contributed by atoms with Crippen LogP contribution in [0.1, 0.15) is 23.7 Å². The molecular formula is C11H15NO2S. The number of carbonyl (C=O) groups excluding carboxylic acids is 1. The standard InChI is InChI=1S/C11H15NO2S/c1-8(5-6-13)12-11(14)9-3-2-4-10(15)7-9/h2-4,7-8,13,15H,5-6H2,1H3,(H,12,14). The zero-order valence-electron chi connectivity index (χ0n) is 8.60. The van der Waals surface area contributed by atoms with Crippen molar-refractivity contribution in [3.05, 3.63) is 29.8 Å². The molecule has 1 unspecified atom stereocenters. The minimum Gasteiger partial charge on any atom is -0.396 e. The van der Waals surface area contributed by atoms with Crippen LogP contribution in [0.15, 0.2) is 29.2 Å². The van der Waals surface area contributed by atoms with Crippen LogP contribution in [0.3, 0.4) is 0 Å². The molecule has 3 nitrogen and oxygen atoms in total. The molecule has 0 saturated carbocycles. The zero-order chi connectivity index (χ0) is 11.3. The van der Waals surface area contributed by atoms with Gasteiger partial charge in [0.15, 0.2) is 0 Å². The van der Waals surface area contributed by atoms with E-state index < -0.39 is 0 Å². The smallest absolute Gasteiger partial charge is 0.251 e. The summed E-state index contributed by atoms with van der Waals surface area (Å²) in [6.07, 6.45) is 0.562.